The highest BCUT2D eigenvalue weighted by molar-refractivity contribution is 7.92. The first-order valence-corrected chi connectivity index (χ1v) is 7.77. The number of benzene rings is 2. The molecular formula is C14H14N2O5S. The van der Waals surface area contributed by atoms with Crippen LogP contribution in [0.4, 0.5) is 11.4 Å². The van der Waals surface area contributed by atoms with Crippen LogP contribution in [0.3, 0.4) is 0 Å². The topological polar surface area (TPSA) is 110 Å². The number of nitro benzene ring substituents is 1. The van der Waals surface area contributed by atoms with Crippen molar-refractivity contribution < 1.29 is 18.4 Å². The number of rotatable bonds is 4. The molecule has 0 amide bonds. The molecule has 7 nitrogen and oxygen atoms in total. The van der Waals surface area contributed by atoms with Crippen LogP contribution in [0.25, 0.3) is 0 Å². The number of hydrogen-bond acceptors (Lipinski definition) is 5. The van der Waals surface area contributed by atoms with Crippen molar-refractivity contribution in [3.05, 3.63) is 57.6 Å². The van der Waals surface area contributed by atoms with E-state index in [0.717, 1.165) is 6.07 Å². The first-order valence-electron chi connectivity index (χ1n) is 6.29. The number of nitrogens with one attached hydrogen (secondary N) is 1. The summed E-state index contributed by atoms with van der Waals surface area (Å²) in [5, 5.41) is 20.3. The first kappa shape index (κ1) is 15.8. The lowest BCUT2D eigenvalue weighted by Gasteiger charge is -2.13. The van der Waals surface area contributed by atoms with E-state index < -0.39 is 14.9 Å². The zero-order valence-electron chi connectivity index (χ0n) is 11.9. The summed E-state index contributed by atoms with van der Waals surface area (Å²) in [4.78, 5) is 9.88. The summed E-state index contributed by atoms with van der Waals surface area (Å²) < 4.78 is 27.0. The molecule has 0 heterocycles. The van der Waals surface area contributed by atoms with E-state index in [4.69, 9.17) is 0 Å². The molecule has 116 valence electrons. The van der Waals surface area contributed by atoms with E-state index in [2.05, 4.69) is 4.72 Å². The van der Waals surface area contributed by atoms with Crippen LogP contribution in [0.5, 0.6) is 5.75 Å². The van der Waals surface area contributed by atoms with Gasteiger partial charge in [-0.15, -0.1) is 0 Å². The molecule has 2 aromatic carbocycles. The fourth-order valence-electron chi connectivity index (χ4n) is 1.88. The summed E-state index contributed by atoms with van der Waals surface area (Å²) in [5.41, 5.74) is 1.14. The molecule has 22 heavy (non-hydrogen) atoms. The van der Waals surface area contributed by atoms with Crippen molar-refractivity contribution in [2.75, 3.05) is 4.72 Å². The van der Waals surface area contributed by atoms with Gasteiger partial charge in [-0.2, -0.15) is 0 Å². The molecule has 8 heteroatoms. The van der Waals surface area contributed by atoms with Gasteiger partial charge in [-0.25, -0.2) is 8.42 Å². The van der Waals surface area contributed by atoms with E-state index in [1.807, 2.05) is 0 Å². The molecule has 0 bridgehead atoms. The maximum Gasteiger partial charge on any atom is 0.270 e. The number of phenolic OH excluding ortho intramolecular Hbond substituents is 1. The predicted molar refractivity (Wildman–Crippen MR) is 81.5 cm³/mol. The van der Waals surface area contributed by atoms with Gasteiger partial charge in [-0.1, -0.05) is 6.07 Å². The maximum absolute atomic E-state index is 12.3. The third-order valence-corrected chi connectivity index (χ3v) is 4.70. The fraction of sp³-hybridized carbons (Fsp3) is 0.143. The molecule has 0 saturated carbocycles. The lowest BCUT2D eigenvalue weighted by atomic mass is 10.1. The summed E-state index contributed by atoms with van der Waals surface area (Å²) in [6, 6.07) is 7.61. The molecule has 0 spiro atoms. The molecule has 0 aromatic heterocycles. The Morgan fingerprint density at radius 1 is 1.14 bits per heavy atom. The molecule has 0 radical (unpaired) electrons. The third-order valence-electron chi connectivity index (χ3n) is 3.34. The van der Waals surface area contributed by atoms with Crippen LogP contribution in [0.2, 0.25) is 0 Å². The van der Waals surface area contributed by atoms with Crippen molar-refractivity contribution in [1.82, 2.24) is 0 Å². The quantitative estimate of drug-likeness (QED) is 0.511. The Morgan fingerprint density at radius 3 is 2.45 bits per heavy atom. The van der Waals surface area contributed by atoms with Crippen molar-refractivity contribution in [3.8, 4) is 5.75 Å². The highest BCUT2D eigenvalue weighted by atomic mass is 32.2. The van der Waals surface area contributed by atoms with Crippen molar-refractivity contribution >= 4 is 21.4 Å². The normalized spacial score (nSPS) is 11.2. The van der Waals surface area contributed by atoms with E-state index in [0.29, 0.717) is 16.8 Å². The molecule has 0 saturated heterocycles. The second kappa shape index (κ2) is 5.64. The van der Waals surface area contributed by atoms with Gasteiger partial charge < -0.3 is 5.11 Å². The number of nitro groups is 1. The molecule has 2 aromatic rings. The first-order chi connectivity index (χ1) is 10.2. The second-order valence-corrected chi connectivity index (χ2v) is 6.42. The largest absolute Gasteiger partial charge is 0.508 e. The Balaban J connectivity index is 2.42. The number of anilines is 1. The number of phenols is 1. The molecule has 0 atom stereocenters. The Labute approximate surface area is 127 Å². The molecule has 0 aliphatic carbocycles. The lowest BCUT2D eigenvalue weighted by molar-refractivity contribution is -0.385. The summed E-state index contributed by atoms with van der Waals surface area (Å²) in [7, 11) is -3.96. The number of sulfonamides is 1. The minimum atomic E-state index is -3.96. The van der Waals surface area contributed by atoms with Gasteiger partial charge in [0.25, 0.3) is 15.7 Å². The van der Waals surface area contributed by atoms with Crippen LogP contribution in [-0.2, 0) is 10.0 Å². The maximum atomic E-state index is 12.3. The van der Waals surface area contributed by atoms with Gasteiger partial charge in [0, 0.05) is 12.1 Å². The van der Waals surface area contributed by atoms with Crippen LogP contribution >= 0.6 is 0 Å². The van der Waals surface area contributed by atoms with Gasteiger partial charge in [0.05, 0.1) is 15.5 Å². The molecule has 0 fully saturated rings. The van der Waals surface area contributed by atoms with E-state index in [1.54, 1.807) is 13.8 Å². The monoisotopic (exact) mass is 322 g/mol. The minimum absolute atomic E-state index is 0.0656. The molecule has 0 aliphatic rings. The summed E-state index contributed by atoms with van der Waals surface area (Å²) in [6.45, 7) is 3.33. The fourth-order valence-corrected chi connectivity index (χ4v) is 3.05. The van der Waals surface area contributed by atoms with Crippen molar-refractivity contribution in [3.63, 3.8) is 0 Å². The second-order valence-electron chi connectivity index (χ2n) is 4.74. The van der Waals surface area contributed by atoms with Crippen LogP contribution < -0.4 is 4.72 Å². The van der Waals surface area contributed by atoms with Crippen LogP contribution in [0.1, 0.15) is 11.1 Å². The Hall–Kier alpha value is -2.61. The molecule has 0 aliphatic heterocycles. The van der Waals surface area contributed by atoms with Crippen molar-refractivity contribution in [1.29, 1.82) is 0 Å². The predicted octanol–water partition coefficient (Wildman–Crippen LogP) is 2.72. The highest BCUT2D eigenvalue weighted by Crippen LogP contribution is 2.28. The zero-order chi connectivity index (χ0) is 16.5. The van der Waals surface area contributed by atoms with Crippen molar-refractivity contribution in [2.24, 2.45) is 0 Å². The Morgan fingerprint density at radius 2 is 1.82 bits per heavy atom. The number of hydrogen-bond donors (Lipinski definition) is 2. The standard InChI is InChI=1S/C14H14N2O5S/c1-9-10(2)14(17)7-6-13(9)15-22(20,21)12-5-3-4-11(8-12)16(18)19/h3-8,15,17H,1-2H3. The SMILES string of the molecule is Cc1c(O)ccc(NS(=O)(=O)c2cccc([N+](=O)[O-])c2)c1C. The van der Waals surface area contributed by atoms with Crippen LogP contribution in [-0.4, -0.2) is 18.4 Å². The molecule has 0 unspecified atom stereocenters. The van der Waals surface area contributed by atoms with Gasteiger partial charge in [-0.05, 0) is 43.2 Å². The van der Waals surface area contributed by atoms with Crippen LogP contribution in [0, 0.1) is 24.0 Å². The van der Waals surface area contributed by atoms with E-state index in [9.17, 15) is 23.6 Å². The van der Waals surface area contributed by atoms with E-state index >= 15 is 0 Å². The van der Waals surface area contributed by atoms with Gasteiger partial charge in [0.2, 0.25) is 0 Å². The smallest absolute Gasteiger partial charge is 0.270 e. The zero-order valence-corrected chi connectivity index (χ0v) is 12.7. The Kier molecular flexibility index (Phi) is 4.05. The summed E-state index contributed by atoms with van der Waals surface area (Å²) in [6.07, 6.45) is 0. The summed E-state index contributed by atoms with van der Waals surface area (Å²) >= 11 is 0. The average Bonchev–Trinajstić information content (AvgIpc) is 2.48. The lowest BCUT2D eigenvalue weighted by Crippen LogP contribution is -2.14. The number of aromatic hydroxyl groups is 1. The Bertz CT molecular complexity index is 846. The van der Waals surface area contributed by atoms with Gasteiger partial charge in [0.1, 0.15) is 5.75 Å². The third kappa shape index (κ3) is 3.01. The average molecular weight is 322 g/mol. The van der Waals surface area contributed by atoms with Gasteiger partial charge >= 0.3 is 0 Å². The number of nitrogens with zero attached hydrogens (tertiary/aromatic N) is 1. The van der Waals surface area contributed by atoms with Gasteiger partial charge in [-0.3, -0.25) is 14.8 Å². The molecule has 2 N–H and O–H groups in total. The van der Waals surface area contributed by atoms with Crippen molar-refractivity contribution in [2.45, 2.75) is 18.7 Å². The molecular weight excluding hydrogens is 308 g/mol. The van der Waals surface area contributed by atoms with E-state index in [-0.39, 0.29) is 16.3 Å². The van der Waals surface area contributed by atoms with Gasteiger partial charge in [0.15, 0.2) is 0 Å². The summed E-state index contributed by atoms with van der Waals surface area (Å²) in [5.74, 6) is 0.0656. The molecule has 2 rings (SSSR count). The highest BCUT2D eigenvalue weighted by Gasteiger charge is 2.19. The van der Waals surface area contributed by atoms with E-state index in [1.165, 1.54) is 30.3 Å². The van der Waals surface area contributed by atoms with Crippen LogP contribution in [0.15, 0.2) is 41.3 Å². The number of non-ortho nitro benzene ring substituents is 1. The minimum Gasteiger partial charge on any atom is -0.508 e.